The minimum Gasteiger partial charge on any atom is -0.360 e. The third kappa shape index (κ3) is 2.66. The number of halogens is 1. The van der Waals surface area contributed by atoms with Gasteiger partial charge in [-0.3, -0.25) is 4.90 Å². The van der Waals surface area contributed by atoms with Crippen LogP contribution in [-0.2, 0) is 19.5 Å². The van der Waals surface area contributed by atoms with Crippen LogP contribution in [0.15, 0.2) is 51.6 Å². The van der Waals surface area contributed by atoms with Crippen molar-refractivity contribution in [1.82, 2.24) is 20.4 Å². The van der Waals surface area contributed by atoms with E-state index in [4.69, 9.17) is 9.15 Å². The van der Waals surface area contributed by atoms with Gasteiger partial charge in [0.15, 0.2) is 0 Å². The van der Waals surface area contributed by atoms with Crippen molar-refractivity contribution < 1.29 is 13.5 Å². The summed E-state index contributed by atoms with van der Waals surface area (Å²) >= 11 is 0. The predicted octanol–water partition coefficient (Wildman–Crippen LogP) is 3.58. The van der Waals surface area contributed by atoms with Gasteiger partial charge in [0.05, 0.1) is 0 Å². The van der Waals surface area contributed by atoms with Gasteiger partial charge in [-0.1, -0.05) is 23.4 Å². The lowest BCUT2D eigenvalue weighted by Gasteiger charge is -2.26. The third-order valence-corrected chi connectivity index (χ3v) is 4.73. The number of fused-ring (bicyclic) bond motifs is 2. The maximum atomic E-state index is 13.6. The lowest BCUT2D eigenvalue weighted by molar-refractivity contribution is 0.228. The second-order valence-corrected chi connectivity index (χ2v) is 6.49. The van der Waals surface area contributed by atoms with E-state index in [1.807, 2.05) is 24.3 Å². The second-order valence-electron chi connectivity index (χ2n) is 6.49. The van der Waals surface area contributed by atoms with Gasteiger partial charge in [0, 0.05) is 37.2 Å². The normalized spacial score (nSPS) is 14.7. The fraction of sp³-hybridized carbons (Fsp3) is 0.211. The van der Waals surface area contributed by atoms with Gasteiger partial charge in [0.25, 0.3) is 0 Å². The summed E-state index contributed by atoms with van der Waals surface area (Å²) in [4.78, 5) is 2.32. The lowest BCUT2D eigenvalue weighted by Crippen LogP contribution is -2.29. The maximum Gasteiger partial charge on any atom is 0.143 e. The first kappa shape index (κ1) is 15.2. The quantitative estimate of drug-likeness (QED) is 0.563. The molecule has 4 aromatic rings. The number of benzene rings is 2. The molecular weight excluding hydrogens is 335 g/mol. The van der Waals surface area contributed by atoms with Crippen molar-refractivity contribution in [3.63, 3.8) is 0 Å². The molecule has 0 bridgehead atoms. The standard InChI is InChI=1S/C19H15FN4O2/c20-14-3-1-2-13(9-14)19-15-11-24(7-6-18(15)25-23-19)10-12-4-5-16-17(8-12)22-26-21-16/h1-5,8-9H,6-7,10-11H2. The second kappa shape index (κ2) is 6.03. The average Bonchev–Trinajstić information content (AvgIpc) is 3.27. The highest BCUT2D eigenvalue weighted by molar-refractivity contribution is 5.73. The highest BCUT2D eigenvalue weighted by Gasteiger charge is 2.25. The summed E-state index contributed by atoms with van der Waals surface area (Å²) in [5, 5.41) is 11.9. The van der Waals surface area contributed by atoms with Crippen molar-refractivity contribution in [1.29, 1.82) is 0 Å². The lowest BCUT2D eigenvalue weighted by atomic mass is 10.0. The number of rotatable bonds is 3. The smallest absolute Gasteiger partial charge is 0.143 e. The molecule has 0 spiro atoms. The van der Waals surface area contributed by atoms with Crippen LogP contribution in [0.3, 0.4) is 0 Å². The molecule has 5 rings (SSSR count). The minimum atomic E-state index is -0.276. The number of aromatic nitrogens is 3. The van der Waals surface area contributed by atoms with Crippen LogP contribution in [0.2, 0.25) is 0 Å². The molecule has 2 aromatic carbocycles. The fourth-order valence-corrected chi connectivity index (χ4v) is 3.45. The van der Waals surface area contributed by atoms with Crippen molar-refractivity contribution in [3.05, 3.63) is 65.2 Å². The zero-order valence-corrected chi connectivity index (χ0v) is 13.9. The van der Waals surface area contributed by atoms with E-state index in [-0.39, 0.29) is 5.82 Å². The molecule has 0 saturated heterocycles. The summed E-state index contributed by atoms with van der Waals surface area (Å²) in [5.74, 6) is 0.609. The Morgan fingerprint density at radius 1 is 1.04 bits per heavy atom. The summed E-state index contributed by atoms with van der Waals surface area (Å²) < 4.78 is 23.8. The van der Waals surface area contributed by atoms with E-state index in [1.54, 1.807) is 6.07 Å². The summed E-state index contributed by atoms with van der Waals surface area (Å²) in [6.07, 6.45) is 0.783. The molecule has 26 heavy (non-hydrogen) atoms. The molecule has 0 aliphatic carbocycles. The Morgan fingerprint density at radius 2 is 1.96 bits per heavy atom. The molecule has 3 heterocycles. The number of nitrogens with zero attached hydrogens (tertiary/aromatic N) is 4. The Bertz CT molecular complexity index is 1090. The van der Waals surface area contributed by atoms with E-state index in [9.17, 15) is 4.39 Å². The molecule has 0 radical (unpaired) electrons. The molecule has 6 nitrogen and oxygen atoms in total. The Kier molecular flexibility index (Phi) is 3.53. The SMILES string of the molecule is Fc1cccc(-c2noc3c2CN(Cc2ccc4nonc4c2)CC3)c1. The molecule has 0 N–H and O–H groups in total. The van der Waals surface area contributed by atoms with Crippen LogP contribution in [0, 0.1) is 5.82 Å². The Balaban J connectivity index is 1.41. The highest BCUT2D eigenvalue weighted by atomic mass is 19.1. The van der Waals surface area contributed by atoms with Crippen LogP contribution in [0.25, 0.3) is 22.3 Å². The van der Waals surface area contributed by atoms with E-state index in [2.05, 4.69) is 20.4 Å². The molecule has 0 atom stereocenters. The van der Waals surface area contributed by atoms with Crippen molar-refractivity contribution in [2.75, 3.05) is 6.54 Å². The summed E-state index contributed by atoms with van der Waals surface area (Å²) in [5.41, 5.74) is 5.14. The van der Waals surface area contributed by atoms with Gasteiger partial charge in [-0.15, -0.1) is 0 Å². The summed E-state index contributed by atoms with van der Waals surface area (Å²) in [6, 6.07) is 12.4. The van der Waals surface area contributed by atoms with Gasteiger partial charge in [0.1, 0.15) is 28.3 Å². The van der Waals surface area contributed by atoms with Gasteiger partial charge in [0.2, 0.25) is 0 Å². The van der Waals surface area contributed by atoms with Crippen LogP contribution < -0.4 is 0 Å². The molecule has 1 aliphatic rings. The molecule has 0 fully saturated rings. The minimum absolute atomic E-state index is 0.276. The largest absolute Gasteiger partial charge is 0.360 e. The van der Waals surface area contributed by atoms with Crippen molar-refractivity contribution in [2.24, 2.45) is 0 Å². The fourth-order valence-electron chi connectivity index (χ4n) is 3.45. The van der Waals surface area contributed by atoms with Gasteiger partial charge in [-0.05, 0) is 40.1 Å². The highest BCUT2D eigenvalue weighted by Crippen LogP contribution is 2.31. The van der Waals surface area contributed by atoms with Crippen LogP contribution in [0.5, 0.6) is 0 Å². The maximum absolute atomic E-state index is 13.6. The summed E-state index contributed by atoms with van der Waals surface area (Å²) in [6.45, 7) is 2.36. The zero-order chi connectivity index (χ0) is 17.5. The molecule has 0 unspecified atom stereocenters. The molecule has 2 aromatic heterocycles. The number of hydrogen-bond donors (Lipinski definition) is 0. The van der Waals surface area contributed by atoms with E-state index in [1.165, 1.54) is 12.1 Å². The molecule has 0 amide bonds. The Labute approximate surface area is 148 Å². The zero-order valence-electron chi connectivity index (χ0n) is 13.9. The van der Waals surface area contributed by atoms with Crippen molar-refractivity contribution >= 4 is 11.0 Å². The van der Waals surface area contributed by atoms with Crippen LogP contribution in [0.4, 0.5) is 4.39 Å². The van der Waals surface area contributed by atoms with Gasteiger partial charge in [-0.25, -0.2) is 9.02 Å². The van der Waals surface area contributed by atoms with E-state index >= 15 is 0 Å². The van der Waals surface area contributed by atoms with E-state index in [0.717, 1.165) is 58.7 Å². The third-order valence-electron chi connectivity index (χ3n) is 4.73. The van der Waals surface area contributed by atoms with Crippen molar-refractivity contribution in [2.45, 2.75) is 19.5 Å². The van der Waals surface area contributed by atoms with Crippen LogP contribution >= 0.6 is 0 Å². The topological polar surface area (TPSA) is 68.2 Å². The number of hydrogen-bond acceptors (Lipinski definition) is 6. The molecule has 0 saturated carbocycles. The predicted molar refractivity (Wildman–Crippen MR) is 91.5 cm³/mol. The first-order valence-corrected chi connectivity index (χ1v) is 8.43. The molecule has 7 heteroatoms. The van der Waals surface area contributed by atoms with E-state index in [0.29, 0.717) is 6.54 Å². The Hall–Kier alpha value is -3.06. The molecule has 1 aliphatic heterocycles. The average molecular weight is 350 g/mol. The van der Waals surface area contributed by atoms with Gasteiger partial charge in [-0.2, -0.15) is 0 Å². The molecule has 130 valence electrons. The Morgan fingerprint density at radius 3 is 2.88 bits per heavy atom. The first-order chi connectivity index (χ1) is 12.8. The monoisotopic (exact) mass is 350 g/mol. The summed E-state index contributed by atoms with van der Waals surface area (Å²) in [7, 11) is 0. The molecular formula is C19H15FN4O2. The first-order valence-electron chi connectivity index (χ1n) is 8.43. The van der Waals surface area contributed by atoms with Crippen LogP contribution in [0.1, 0.15) is 16.9 Å². The van der Waals surface area contributed by atoms with Crippen molar-refractivity contribution in [3.8, 4) is 11.3 Å². The van der Waals surface area contributed by atoms with Crippen LogP contribution in [-0.4, -0.2) is 26.9 Å². The van der Waals surface area contributed by atoms with E-state index < -0.39 is 0 Å². The van der Waals surface area contributed by atoms with Gasteiger partial charge >= 0.3 is 0 Å². The van der Waals surface area contributed by atoms with Gasteiger partial charge < -0.3 is 4.52 Å².